The first-order valence-electron chi connectivity index (χ1n) is 11.2. The van der Waals surface area contributed by atoms with E-state index in [1.807, 2.05) is 60.7 Å². The van der Waals surface area contributed by atoms with Crippen LogP contribution in [0.4, 0.5) is 0 Å². The molecule has 5 aromatic rings. The lowest BCUT2D eigenvalue weighted by molar-refractivity contribution is 0.0999. The second-order valence-corrected chi connectivity index (χ2v) is 9.29. The number of ether oxygens (including phenoxy) is 1. The van der Waals surface area contributed by atoms with Crippen LogP contribution in [-0.4, -0.2) is 29.2 Å². The minimum atomic E-state index is -0.275. The summed E-state index contributed by atoms with van der Waals surface area (Å²) in [4.78, 5) is 23.7. The van der Waals surface area contributed by atoms with Gasteiger partial charge in [-0.25, -0.2) is 4.98 Å². The molecule has 0 atom stereocenters. The van der Waals surface area contributed by atoms with Gasteiger partial charge in [-0.15, -0.1) is 0 Å². The zero-order valence-electron chi connectivity index (χ0n) is 19.4. The lowest BCUT2D eigenvalue weighted by Crippen LogP contribution is -2.19. The van der Waals surface area contributed by atoms with Gasteiger partial charge >= 0.3 is 0 Å². The number of fused-ring (bicyclic) bond motifs is 2. The summed E-state index contributed by atoms with van der Waals surface area (Å²) in [6.45, 7) is 5.34. The number of nitrogens with zero attached hydrogens (tertiary/aromatic N) is 3. The van der Waals surface area contributed by atoms with Crippen LogP contribution < -0.4 is 4.80 Å². The van der Waals surface area contributed by atoms with Crippen molar-refractivity contribution in [2.24, 2.45) is 4.99 Å². The van der Waals surface area contributed by atoms with Gasteiger partial charge in [-0.05, 0) is 43.2 Å². The number of carbonyl (C=O) groups is 1. The smallest absolute Gasteiger partial charge is 0.280 e. The van der Waals surface area contributed by atoms with Gasteiger partial charge in [-0.2, -0.15) is 4.99 Å². The number of rotatable bonds is 5. The van der Waals surface area contributed by atoms with Crippen LogP contribution in [0.1, 0.15) is 21.5 Å². The fourth-order valence-electron chi connectivity index (χ4n) is 4.25. The normalized spacial score (nSPS) is 12.0. The average molecular weight is 468 g/mol. The van der Waals surface area contributed by atoms with E-state index in [2.05, 4.69) is 35.5 Å². The second-order valence-electron chi connectivity index (χ2n) is 8.31. The monoisotopic (exact) mass is 467 g/mol. The quantitative estimate of drug-likeness (QED) is 0.322. The number of aryl methyl sites for hydroxylation is 2. The van der Waals surface area contributed by atoms with E-state index in [0.29, 0.717) is 23.5 Å². The Balaban J connectivity index is 1.71. The minimum absolute atomic E-state index is 0.275. The third kappa shape index (κ3) is 4.18. The Bertz CT molecular complexity index is 1580. The van der Waals surface area contributed by atoms with E-state index in [1.54, 1.807) is 18.4 Å². The Kier molecular flexibility index (Phi) is 6.09. The van der Waals surface area contributed by atoms with Crippen LogP contribution in [0.15, 0.2) is 77.8 Å². The molecule has 0 unspecified atom stereocenters. The predicted octanol–water partition coefficient (Wildman–Crippen LogP) is 5.92. The molecule has 0 aliphatic rings. The van der Waals surface area contributed by atoms with Crippen LogP contribution in [0.3, 0.4) is 0 Å². The summed E-state index contributed by atoms with van der Waals surface area (Å²) >= 11 is 1.54. The standard InChI is InChI=1S/C28H25N3O2S/c1-18-15-19(2)26-25(16-18)31(13-14-33-3)28(34-26)30-27(32)22-17-24(20-9-5-4-6-10-20)29-23-12-8-7-11-21(22)23/h4-12,15-17H,13-14H2,1-3H3. The van der Waals surface area contributed by atoms with E-state index in [-0.39, 0.29) is 5.91 Å². The van der Waals surface area contributed by atoms with Gasteiger partial charge in [0.15, 0.2) is 4.80 Å². The maximum absolute atomic E-state index is 13.6. The molecule has 0 fully saturated rings. The summed E-state index contributed by atoms with van der Waals surface area (Å²) in [5.74, 6) is -0.275. The van der Waals surface area contributed by atoms with Crippen molar-refractivity contribution in [3.63, 3.8) is 0 Å². The maximum atomic E-state index is 13.6. The highest BCUT2D eigenvalue weighted by Gasteiger charge is 2.15. The van der Waals surface area contributed by atoms with E-state index < -0.39 is 0 Å². The molecule has 6 heteroatoms. The lowest BCUT2D eigenvalue weighted by Gasteiger charge is -2.08. The summed E-state index contributed by atoms with van der Waals surface area (Å²) in [7, 11) is 1.68. The van der Waals surface area contributed by atoms with Gasteiger partial charge in [0, 0.05) is 24.6 Å². The highest BCUT2D eigenvalue weighted by molar-refractivity contribution is 7.16. The molecule has 2 aromatic heterocycles. The number of hydrogen-bond donors (Lipinski definition) is 0. The lowest BCUT2D eigenvalue weighted by atomic mass is 10.0. The topological polar surface area (TPSA) is 56.5 Å². The summed E-state index contributed by atoms with van der Waals surface area (Å²) in [5, 5.41) is 0.799. The van der Waals surface area contributed by atoms with Crippen molar-refractivity contribution in [3.8, 4) is 11.3 Å². The Morgan fingerprint density at radius 2 is 1.79 bits per heavy atom. The van der Waals surface area contributed by atoms with Crippen molar-refractivity contribution in [1.29, 1.82) is 0 Å². The first kappa shape index (κ1) is 22.2. The van der Waals surface area contributed by atoms with E-state index in [0.717, 1.165) is 32.4 Å². The van der Waals surface area contributed by atoms with Crippen LogP contribution >= 0.6 is 11.3 Å². The fraction of sp³-hybridized carbons (Fsp3) is 0.179. The summed E-state index contributed by atoms with van der Waals surface area (Å²) in [6, 6.07) is 23.8. The third-order valence-corrected chi connectivity index (χ3v) is 7.08. The Labute approximate surface area is 202 Å². The number of thiazole rings is 1. The van der Waals surface area contributed by atoms with E-state index in [9.17, 15) is 4.79 Å². The molecule has 34 heavy (non-hydrogen) atoms. The average Bonchev–Trinajstić information content (AvgIpc) is 3.19. The molecule has 0 aliphatic carbocycles. The number of hydrogen-bond acceptors (Lipinski definition) is 4. The highest BCUT2D eigenvalue weighted by Crippen LogP contribution is 2.26. The molecule has 0 saturated heterocycles. The minimum Gasteiger partial charge on any atom is -0.383 e. The van der Waals surface area contributed by atoms with Crippen molar-refractivity contribution in [2.45, 2.75) is 20.4 Å². The van der Waals surface area contributed by atoms with Gasteiger partial charge in [0.05, 0.1) is 33.6 Å². The maximum Gasteiger partial charge on any atom is 0.280 e. The van der Waals surface area contributed by atoms with Gasteiger partial charge in [0.25, 0.3) is 5.91 Å². The molecule has 5 rings (SSSR count). The van der Waals surface area contributed by atoms with Crippen LogP contribution in [-0.2, 0) is 11.3 Å². The Hall–Kier alpha value is -3.61. The number of carbonyl (C=O) groups excluding carboxylic acids is 1. The molecule has 0 radical (unpaired) electrons. The zero-order valence-corrected chi connectivity index (χ0v) is 20.2. The molecular weight excluding hydrogens is 442 g/mol. The van der Waals surface area contributed by atoms with Gasteiger partial charge in [-0.1, -0.05) is 65.9 Å². The van der Waals surface area contributed by atoms with Gasteiger partial charge in [-0.3, -0.25) is 4.79 Å². The number of para-hydroxylation sites is 1. The van der Waals surface area contributed by atoms with Gasteiger partial charge in [0.2, 0.25) is 0 Å². The number of aromatic nitrogens is 2. The summed E-state index contributed by atoms with van der Waals surface area (Å²) in [6.07, 6.45) is 0. The van der Waals surface area contributed by atoms with Crippen molar-refractivity contribution in [1.82, 2.24) is 9.55 Å². The molecule has 0 saturated carbocycles. The molecule has 1 amide bonds. The van der Waals surface area contributed by atoms with Gasteiger partial charge < -0.3 is 9.30 Å². The molecule has 2 heterocycles. The molecular formula is C28H25N3O2S. The van der Waals surface area contributed by atoms with Crippen molar-refractivity contribution >= 4 is 38.4 Å². The van der Waals surface area contributed by atoms with Crippen molar-refractivity contribution in [2.75, 3.05) is 13.7 Å². The zero-order chi connectivity index (χ0) is 23.7. The molecule has 170 valence electrons. The van der Waals surface area contributed by atoms with Crippen LogP contribution in [0, 0.1) is 13.8 Å². The summed E-state index contributed by atoms with van der Waals surface area (Å²) in [5.41, 5.74) is 6.49. The molecule has 0 bridgehead atoms. The first-order valence-corrected chi connectivity index (χ1v) is 12.0. The van der Waals surface area contributed by atoms with E-state index >= 15 is 0 Å². The predicted molar refractivity (Wildman–Crippen MR) is 138 cm³/mol. The second kappa shape index (κ2) is 9.33. The van der Waals surface area contributed by atoms with E-state index in [4.69, 9.17) is 9.72 Å². The van der Waals surface area contributed by atoms with Gasteiger partial charge in [0.1, 0.15) is 0 Å². The van der Waals surface area contributed by atoms with Crippen molar-refractivity contribution in [3.05, 3.63) is 94.3 Å². The Morgan fingerprint density at radius 1 is 1.03 bits per heavy atom. The largest absolute Gasteiger partial charge is 0.383 e. The molecule has 5 nitrogen and oxygen atoms in total. The molecule has 0 N–H and O–H groups in total. The summed E-state index contributed by atoms with van der Waals surface area (Å²) < 4.78 is 8.56. The molecule has 3 aromatic carbocycles. The number of amides is 1. The van der Waals surface area contributed by atoms with Crippen LogP contribution in [0.5, 0.6) is 0 Å². The first-order chi connectivity index (χ1) is 16.5. The number of pyridine rings is 1. The molecule has 0 aliphatic heterocycles. The third-order valence-electron chi connectivity index (χ3n) is 5.85. The number of methoxy groups -OCH3 is 1. The SMILES string of the molecule is COCCn1c(=NC(=O)c2cc(-c3ccccc3)nc3ccccc23)sc2c(C)cc(C)cc21. The van der Waals surface area contributed by atoms with Crippen LogP contribution in [0.2, 0.25) is 0 Å². The van der Waals surface area contributed by atoms with Crippen molar-refractivity contribution < 1.29 is 9.53 Å². The highest BCUT2D eigenvalue weighted by atomic mass is 32.1. The number of benzene rings is 3. The Morgan fingerprint density at radius 3 is 2.59 bits per heavy atom. The van der Waals surface area contributed by atoms with Crippen LogP contribution in [0.25, 0.3) is 32.4 Å². The van der Waals surface area contributed by atoms with E-state index in [1.165, 1.54) is 11.1 Å². The fourth-order valence-corrected chi connectivity index (χ4v) is 5.36. The molecule has 0 spiro atoms.